The number of hydrogen-bond donors (Lipinski definition) is 1. The van der Waals surface area contributed by atoms with Crippen LogP contribution < -0.4 is 14.8 Å². The molecule has 2 aliphatic heterocycles. The number of carbonyl (C=O) groups is 1. The van der Waals surface area contributed by atoms with E-state index in [2.05, 4.69) is 25.7 Å². The Morgan fingerprint density at radius 3 is 2.84 bits per heavy atom. The van der Waals surface area contributed by atoms with E-state index in [0.29, 0.717) is 23.7 Å². The molecule has 0 radical (unpaired) electrons. The van der Waals surface area contributed by atoms with Crippen molar-refractivity contribution in [2.75, 3.05) is 40.8 Å². The highest BCUT2D eigenvalue weighted by molar-refractivity contribution is 7.08. The Balaban J connectivity index is 1.68. The van der Waals surface area contributed by atoms with Gasteiger partial charge in [-0.25, -0.2) is 4.68 Å². The van der Waals surface area contributed by atoms with Crippen molar-refractivity contribution in [3.05, 3.63) is 64.6 Å². The van der Waals surface area contributed by atoms with Crippen LogP contribution in [0.25, 0.3) is 22.5 Å². The maximum atomic E-state index is 13.9. The fraction of sp³-hybridized carbons (Fsp3) is 0.357. The molecule has 2 aliphatic rings. The van der Waals surface area contributed by atoms with Crippen LogP contribution in [0.15, 0.2) is 47.8 Å². The van der Waals surface area contributed by atoms with E-state index >= 15 is 0 Å². The molecule has 2 aromatic heterocycles. The van der Waals surface area contributed by atoms with Crippen LogP contribution in [-0.4, -0.2) is 71.9 Å². The van der Waals surface area contributed by atoms with Crippen LogP contribution >= 0.6 is 11.3 Å². The number of allylic oxidation sites excluding steroid dienone is 2. The van der Waals surface area contributed by atoms with Gasteiger partial charge in [-0.15, -0.1) is 0 Å². The highest BCUT2D eigenvalue weighted by atomic mass is 32.1. The van der Waals surface area contributed by atoms with Gasteiger partial charge in [0.05, 0.1) is 24.0 Å². The van der Waals surface area contributed by atoms with Crippen LogP contribution in [0.3, 0.4) is 0 Å². The van der Waals surface area contributed by atoms with Crippen molar-refractivity contribution in [1.29, 1.82) is 0 Å². The molecule has 37 heavy (non-hydrogen) atoms. The molecule has 5 rings (SSSR count). The predicted octanol–water partition coefficient (Wildman–Crippen LogP) is 4.41. The molecule has 0 bridgehead atoms. The first-order valence-electron chi connectivity index (χ1n) is 12.3. The molecular formula is C28H33N5O3S. The summed E-state index contributed by atoms with van der Waals surface area (Å²) >= 11 is 1.59. The first kappa shape index (κ1) is 25.1. The maximum absolute atomic E-state index is 13.9. The lowest BCUT2D eigenvalue weighted by molar-refractivity contribution is 0.0468. The average Bonchev–Trinajstić information content (AvgIpc) is 3.54. The topological polar surface area (TPSA) is 71.9 Å². The average molecular weight is 520 g/mol. The minimum Gasteiger partial charge on any atom is -0.496 e. The number of amides is 1. The highest BCUT2D eigenvalue weighted by Crippen LogP contribution is 2.45. The van der Waals surface area contributed by atoms with Gasteiger partial charge in [0.15, 0.2) is 5.69 Å². The third-order valence-corrected chi connectivity index (χ3v) is 7.50. The van der Waals surface area contributed by atoms with Gasteiger partial charge >= 0.3 is 0 Å². The van der Waals surface area contributed by atoms with Crippen molar-refractivity contribution in [2.24, 2.45) is 0 Å². The molecule has 4 heterocycles. The first-order chi connectivity index (χ1) is 17.7. The number of thiophene rings is 1. The molecule has 0 spiro atoms. The summed E-state index contributed by atoms with van der Waals surface area (Å²) in [5.41, 5.74) is 5.20. The third kappa shape index (κ3) is 4.53. The van der Waals surface area contributed by atoms with E-state index in [4.69, 9.17) is 14.6 Å². The summed E-state index contributed by atoms with van der Waals surface area (Å²) in [5, 5.41) is 12.3. The van der Waals surface area contributed by atoms with Crippen LogP contribution in [-0.2, 0) is 6.61 Å². The standard InChI is InChI=1S/C28H33N5O3S/c1-18(7-10-31(4)5)20-13-21-24(14-23(20)35-6)36-15-22-25(27(34)32-11-9-29-17-28(32,2)3)30-33(26(21)22)19-8-12-37-16-19/h7-8,10,12-14,16,29H,1,9,11,15,17H2,2-6H3/b10-7-. The molecule has 194 valence electrons. The number of carbonyl (C=O) groups excluding carboxylic acids is 1. The number of nitrogens with one attached hydrogen (secondary N) is 1. The Kier molecular flexibility index (Phi) is 6.59. The molecule has 0 atom stereocenters. The molecule has 1 fully saturated rings. The molecule has 1 saturated heterocycles. The number of rotatable bonds is 6. The van der Waals surface area contributed by atoms with E-state index in [9.17, 15) is 4.79 Å². The zero-order valence-electron chi connectivity index (χ0n) is 22.0. The van der Waals surface area contributed by atoms with Crippen LogP contribution in [0.1, 0.15) is 35.5 Å². The Morgan fingerprint density at radius 2 is 2.16 bits per heavy atom. The maximum Gasteiger partial charge on any atom is 0.275 e. The van der Waals surface area contributed by atoms with Gasteiger partial charge < -0.3 is 24.6 Å². The summed E-state index contributed by atoms with van der Waals surface area (Å²) in [4.78, 5) is 17.8. The minimum absolute atomic E-state index is 0.0733. The number of benzene rings is 1. The van der Waals surface area contributed by atoms with Crippen molar-refractivity contribution >= 4 is 22.8 Å². The van der Waals surface area contributed by atoms with Crippen LogP contribution in [0, 0.1) is 0 Å². The second-order valence-corrected chi connectivity index (χ2v) is 10.9. The van der Waals surface area contributed by atoms with Crippen molar-refractivity contribution in [1.82, 2.24) is 24.9 Å². The van der Waals surface area contributed by atoms with Crippen molar-refractivity contribution < 1.29 is 14.3 Å². The van der Waals surface area contributed by atoms with Gasteiger partial charge in [0.1, 0.15) is 18.1 Å². The smallest absolute Gasteiger partial charge is 0.275 e. The summed E-state index contributed by atoms with van der Waals surface area (Å²) in [5.74, 6) is 1.29. The summed E-state index contributed by atoms with van der Waals surface area (Å²) in [7, 11) is 5.57. The molecule has 3 aromatic rings. The van der Waals surface area contributed by atoms with Crippen molar-refractivity contribution in [3.63, 3.8) is 0 Å². The number of nitrogens with zero attached hydrogens (tertiary/aromatic N) is 4. The zero-order valence-corrected chi connectivity index (χ0v) is 22.8. The fourth-order valence-corrected chi connectivity index (χ4v) is 5.47. The van der Waals surface area contributed by atoms with Gasteiger partial charge in [-0.3, -0.25) is 4.79 Å². The van der Waals surface area contributed by atoms with Gasteiger partial charge in [0.25, 0.3) is 5.91 Å². The molecule has 1 amide bonds. The lowest BCUT2D eigenvalue weighted by Gasteiger charge is -2.42. The quantitative estimate of drug-likeness (QED) is 0.487. The summed E-state index contributed by atoms with van der Waals surface area (Å²) < 4.78 is 13.8. The van der Waals surface area contributed by atoms with Gasteiger partial charge in [-0.1, -0.05) is 6.58 Å². The monoisotopic (exact) mass is 519 g/mol. The summed E-state index contributed by atoms with van der Waals surface area (Å²) in [6.07, 6.45) is 3.90. The number of methoxy groups -OCH3 is 1. The molecule has 0 saturated carbocycles. The largest absolute Gasteiger partial charge is 0.496 e. The Morgan fingerprint density at radius 1 is 1.35 bits per heavy atom. The van der Waals surface area contributed by atoms with Gasteiger partial charge in [0, 0.05) is 61.9 Å². The fourth-order valence-electron chi connectivity index (χ4n) is 4.85. The predicted molar refractivity (Wildman–Crippen MR) is 148 cm³/mol. The Labute approximate surface area is 221 Å². The number of hydrogen-bond acceptors (Lipinski definition) is 7. The SMILES string of the molecule is C=C(/C=C\N(C)C)c1cc2c(cc1OC)OCc1c(C(=O)N3CCNCC3(C)C)nn(-c3ccsc3)c1-2. The lowest BCUT2D eigenvalue weighted by atomic mass is 9.95. The summed E-state index contributed by atoms with van der Waals surface area (Å²) in [6, 6.07) is 5.94. The highest BCUT2D eigenvalue weighted by Gasteiger charge is 2.38. The van der Waals surface area contributed by atoms with Crippen molar-refractivity contribution in [3.8, 4) is 28.4 Å². The molecule has 1 aromatic carbocycles. The van der Waals surface area contributed by atoms with E-state index < -0.39 is 0 Å². The zero-order chi connectivity index (χ0) is 26.3. The molecule has 0 aliphatic carbocycles. The second-order valence-electron chi connectivity index (χ2n) is 10.2. The molecule has 9 heteroatoms. The van der Waals surface area contributed by atoms with E-state index in [-0.39, 0.29) is 18.1 Å². The van der Waals surface area contributed by atoms with E-state index in [1.807, 2.05) is 69.8 Å². The number of ether oxygens (including phenoxy) is 2. The number of piperazine rings is 1. The van der Waals surface area contributed by atoms with Gasteiger partial charge in [-0.05, 0) is 49.2 Å². The second kappa shape index (κ2) is 9.72. The van der Waals surface area contributed by atoms with Crippen molar-refractivity contribution in [2.45, 2.75) is 26.0 Å². The van der Waals surface area contributed by atoms with Gasteiger partial charge in [-0.2, -0.15) is 16.4 Å². The molecule has 0 unspecified atom stereocenters. The lowest BCUT2D eigenvalue weighted by Crippen LogP contribution is -2.60. The molecular weight excluding hydrogens is 486 g/mol. The molecule has 8 nitrogen and oxygen atoms in total. The van der Waals surface area contributed by atoms with Gasteiger partial charge in [0.2, 0.25) is 0 Å². The van der Waals surface area contributed by atoms with E-state index in [1.165, 1.54) is 0 Å². The number of aromatic nitrogens is 2. The minimum atomic E-state index is -0.321. The van der Waals surface area contributed by atoms with Crippen LogP contribution in [0.4, 0.5) is 0 Å². The van der Waals surface area contributed by atoms with Crippen LogP contribution in [0.2, 0.25) is 0 Å². The first-order valence-corrected chi connectivity index (χ1v) is 13.2. The number of fused-ring (bicyclic) bond motifs is 3. The Hall–Kier alpha value is -3.56. The summed E-state index contributed by atoms with van der Waals surface area (Å²) in [6.45, 7) is 10.8. The van der Waals surface area contributed by atoms with Crippen LogP contribution in [0.5, 0.6) is 11.5 Å². The van der Waals surface area contributed by atoms with E-state index in [1.54, 1.807) is 18.4 Å². The normalized spacial score (nSPS) is 16.2. The molecule has 1 N–H and O–H groups in total. The Bertz CT molecular complexity index is 1370. The third-order valence-electron chi connectivity index (χ3n) is 6.83. The van der Waals surface area contributed by atoms with E-state index in [0.717, 1.165) is 46.7 Å².